The molecule has 1 atom stereocenters. The van der Waals surface area contributed by atoms with Crippen molar-refractivity contribution >= 4 is 11.8 Å². The third-order valence-corrected chi connectivity index (χ3v) is 4.09. The van der Waals surface area contributed by atoms with E-state index < -0.39 is 6.10 Å². The van der Waals surface area contributed by atoms with Crippen molar-refractivity contribution in [1.29, 1.82) is 0 Å². The summed E-state index contributed by atoms with van der Waals surface area (Å²) >= 11 is 1.56. The molecule has 0 aromatic heterocycles. The minimum Gasteiger partial charge on any atom is -0.496 e. The Balaban J connectivity index is 2.43. The van der Waals surface area contributed by atoms with E-state index in [9.17, 15) is 5.11 Å². The molecule has 0 aliphatic rings. The van der Waals surface area contributed by atoms with E-state index in [0.29, 0.717) is 5.75 Å². The van der Waals surface area contributed by atoms with Crippen LogP contribution < -0.4 is 9.47 Å². The summed E-state index contributed by atoms with van der Waals surface area (Å²) in [6, 6.07) is 13.6. The first kappa shape index (κ1) is 14.8. The van der Waals surface area contributed by atoms with Gasteiger partial charge in [0.2, 0.25) is 0 Å². The van der Waals surface area contributed by atoms with Crippen molar-refractivity contribution in [3.8, 4) is 11.5 Å². The summed E-state index contributed by atoms with van der Waals surface area (Å²) in [6.45, 7) is 1.74. The molecule has 0 aliphatic carbocycles. The Labute approximate surface area is 123 Å². The van der Waals surface area contributed by atoms with E-state index in [0.717, 1.165) is 21.1 Å². The first-order valence-corrected chi connectivity index (χ1v) is 7.15. The van der Waals surface area contributed by atoms with E-state index in [-0.39, 0.29) is 0 Å². The number of para-hydroxylation sites is 1. The van der Waals surface area contributed by atoms with Gasteiger partial charge in [-0.1, -0.05) is 30.0 Å². The molecule has 0 spiro atoms. The number of rotatable bonds is 5. The molecule has 0 bridgehead atoms. The molecule has 2 aromatic carbocycles. The molecule has 20 heavy (non-hydrogen) atoms. The summed E-state index contributed by atoms with van der Waals surface area (Å²) < 4.78 is 10.7. The van der Waals surface area contributed by atoms with Crippen LogP contribution in [0.5, 0.6) is 11.5 Å². The molecular formula is C16H18O3S. The average molecular weight is 290 g/mol. The molecule has 0 aliphatic heterocycles. The largest absolute Gasteiger partial charge is 0.496 e. The van der Waals surface area contributed by atoms with Gasteiger partial charge in [-0.05, 0) is 31.2 Å². The van der Waals surface area contributed by atoms with Crippen molar-refractivity contribution in [2.45, 2.75) is 22.8 Å². The first-order valence-electron chi connectivity index (χ1n) is 6.33. The van der Waals surface area contributed by atoms with Crippen molar-refractivity contribution in [1.82, 2.24) is 0 Å². The summed E-state index contributed by atoms with van der Waals surface area (Å²) in [7, 11) is 3.26. The molecule has 0 radical (unpaired) electrons. The van der Waals surface area contributed by atoms with Crippen molar-refractivity contribution < 1.29 is 14.6 Å². The van der Waals surface area contributed by atoms with Crippen LogP contribution in [0, 0.1) is 0 Å². The van der Waals surface area contributed by atoms with Crippen LogP contribution in [0.15, 0.2) is 52.3 Å². The quantitative estimate of drug-likeness (QED) is 0.906. The van der Waals surface area contributed by atoms with Crippen molar-refractivity contribution in [3.63, 3.8) is 0 Å². The molecule has 0 amide bonds. The van der Waals surface area contributed by atoms with Gasteiger partial charge in [0.25, 0.3) is 0 Å². The maximum absolute atomic E-state index is 10.00. The summed E-state index contributed by atoms with van der Waals surface area (Å²) in [6.07, 6.45) is -0.594. The van der Waals surface area contributed by atoms with Crippen LogP contribution in [0.25, 0.3) is 0 Å². The second-order valence-electron chi connectivity index (χ2n) is 4.30. The molecule has 0 unspecified atom stereocenters. The lowest BCUT2D eigenvalue weighted by atomic mass is 10.1. The minimum atomic E-state index is -0.594. The van der Waals surface area contributed by atoms with Gasteiger partial charge >= 0.3 is 0 Å². The Hall–Kier alpha value is -1.65. The van der Waals surface area contributed by atoms with E-state index >= 15 is 0 Å². The van der Waals surface area contributed by atoms with Gasteiger partial charge in [-0.2, -0.15) is 0 Å². The third kappa shape index (κ3) is 3.08. The van der Waals surface area contributed by atoms with Gasteiger partial charge in [-0.3, -0.25) is 0 Å². The predicted octanol–water partition coefficient (Wildman–Crippen LogP) is 3.91. The molecule has 0 saturated carbocycles. The fourth-order valence-electron chi connectivity index (χ4n) is 2.02. The SMILES string of the molecule is COc1ccccc1Sc1cccc(OC)c1[C@H](C)O. The molecule has 0 heterocycles. The van der Waals surface area contributed by atoms with E-state index in [1.54, 1.807) is 32.9 Å². The lowest BCUT2D eigenvalue weighted by Crippen LogP contribution is -1.99. The molecule has 2 rings (SSSR count). The van der Waals surface area contributed by atoms with Crippen LogP contribution in [0.4, 0.5) is 0 Å². The molecule has 3 nitrogen and oxygen atoms in total. The summed E-state index contributed by atoms with van der Waals surface area (Å²) in [5, 5.41) is 10.00. The second kappa shape index (κ2) is 6.68. The maximum Gasteiger partial charge on any atom is 0.132 e. The smallest absolute Gasteiger partial charge is 0.132 e. The highest BCUT2D eigenvalue weighted by Gasteiger charge is 2.16. The highest BCUT2D eigenvalue weighted by molar-refractivity contribution is 7.99. The van der Waals surface area contributed by atoms with Crippen LogP contribution in [0.2, 0.25) is 0 Å². The zero-order valence-electron chi connectivity index (χ0n) is 11.8. The highest BCUT2D eigenvalue weighted by atomic mass is 32.2. The zero-order chi connectivity index (χ0) is 14.5. The molecule has 1 N–H and O–H groups in total. The van der Waals surface area contributed by atoms with Crippen molar-refractivity contribution in [2.24, 2.45) is 0 Å². The molecule has 0 fully saturated rings. The summed E-state index contributed by atoms with van der Waals surface area (Å²) in [5.74, 6) is 1.51. The fraction of sp³-hybridized carbons (Fsp3) is 0.250. The van der Waals surface area contributed by atoms with Crippen LogP contribution in [-0.2, 0) is 0 Å². The number of hydrogen-bond donors (Lipinski definition) is 1. The van der Waals surface area contributed by atoms with Crippen LogP contribution in [0.3, 0.4) is 0 Å². The maximum atomic E-state index is 10.00. The Kier molecular flexibility index (Phi) is 4.93. The van der Waals surface area contributed by atoms with Gasteiger partial charge in [0.05, 0.1) is 25.2 Å². The Morgan fingerprint density at radius 1 is 0.900 bits per heavy atom. The number of aliphatic hydroxyl groups excluding tert-OH is 1. The molecule has 4 heteroatoms. The molecule has 106 valence electrons. The Morgan fingerprint density at radius 2 is 1.50 bits per heavy atom. The van der Waals surface area contributed by atoms with Gasteiger partial charge in [0, 0.05) is 10.5 Å². The number of aliphatic hydroxyl groups is 1. The molecular weight excluding hydrogens is 272 g/mol. The van der Waals surface area contributed by atoms with Gasteiger partial charge in [0.1, 0.15) is 11.5 Å². The summed E-state index contributed by atoms with van der Waals surface area (Å²) in [4.78, 5) is 1.97. The van der Waals surface area contributed by atoms with Crippen LogP contribution in [0.1, 0.15) is 18.6 Å². The number of ether oxygens (including phenoxy) is 2. The lowest BCUT2D eigenvalue weighted by molar-refractivity contribution is 0.191. The van der Waals surface area contributed by atoms with Crippen LogP contribution >= 0.6 is 11.8 Å². The minimum absolute atomic E-state index is 0.594. The molecule has 0 saturated heterocycles. The van der Waals surface area contributed by atoms with E-state index in [2.05, 4.69) is 0 Å². The normalized spacial score (nSPS) is 12.0. The first-order chi connectivity index (χ1) is 9.67. The summed E-state index contributed by atoms with van der Waals surface area (Å²) in [5.41, 5.74) is 0.797. The monoisotopic (exact) mass is 290 g/mol. The van der Waals surface area contributed by atoms with Gasteiger partial charge in [-0.15, -0.1) is 0 Å². The zero-order valence-corrected chi connectivity index (χ0v) is 12.6. The van der Waals surface area contributed by atoms with Crippen LogP contribution in [-0.4, -0.2) is 19.3 Å². The second-order valence-corrected chi connectivity index (χ2v) is 5.38. The van der Waals surface area contributed by atoms with Crippen molar-refractivity contribution in [2.75, 3.05) is 14.2 Å². The standard InChI is InChI=1S/C16H18O3S/c1-11(17)16-13(19-3)8-6-10-15(16)20-14-9-5-4-7-12(14)18-2/h4-11,17H,1-3H3/t11-/m0/s1. The Bertz CT molecular complexity index is 582. The van der Waals surface area contributed by atoms with Gasteiger partial charge in [0.15, 0.2) is 0 Å². The third-order valence-electron chi connectivity index (χ3n) is 2.95. The predicted molar refractivity (Wildman–Crippen MR) is 80.7 cm³/mol. The highest BCUT2D eigenvalue weighted by Crippen LogP contribution is 2.41. The average Bonchev–Trinajstić information content (AvgIpc) is 2.47. The molecule has 2 aromatic rings. The number of methoxy groups -OCH3 is 2. The number of benzene rings is 2. The van der Waals surface area contributed by atoms with Crippen molar-refractivity contribution in [3.05, 3.63) is 48.0 Å². The Morgan fingerprint density at radius 3 is 2.15 bits per heavy atom. The van der Waals surface area contributed by atoms with E-state index in [1.807, 2.05) is 42.5 Å². The number of hydrogen-bond acceptors (Lipinski definition) is 4. The fourth-order valence-corrected chi connectivity index (χ4v) is 3.19. The van der Waals surface area contributed by atoms with Gasteiger partial charge in [-0.25, -0.2) is 0 Å². The van der Waals surface area contributed by atoms with Gasteiger partial charge < -0.3 is 14.6 Å². The topological polar surface area (TPSA) is 38.7 Å². The van der Waals surface area contributed by atoms with E-state index in [4.69, 9.17) is 9.47 Å². The lowest BCUT2D eigenvalue weighted by Gasteiger charge is -2.16. The van der Waals surface area contributed by atoms with E-state index in [1.165, 1.54) is 0 Å².